The first-order valence-corrected chi connectivity index (χ1v) is 7.95. The predicted octanol–water partition coefficient (Wildman–Crippen LogP) is 4.60. The molecular weight excluding hydrogens is 309 g/mol. The fraction of sp³-hybridized carbons (Fsp3) is 0.312. The molecule has 0 spiro atoms. The molecule has 0 saturated carbocycles. The van der Waals surface area contributed by atoms with Crippen molar-refractivity contribution in [1.29, 1.82) is 0 Å². The van der Waals surface area contributed by atoms with Gasteiger partial charge < -0.3 is 5.32 Å². The minimum Gasteiger partial charge on any atom is -0.349 e. The summed E-state index contributed by atoms with van der Waals surface area (Å²) in [6, 6.07) is 10.0. The highest BCUT2D eigenvalue weighted by molar-refractivity contribution is 7.16. The van der Waals surface area contributed by atoms with Crippen molar-refractivity contribution in [3.8, 4) is 0 Å². The van der Waals surface area contributed by atoms with Crippen LogP contribution in [0.25, 0.3) is 0 Å². The van der Waals surface area contributed by atoms with Crippen molar-refractivity contribution >= 4 is 28.8 Å². The van der Waals surface area contributed by atoms with Gasteiger partial charge in [-0.25, -0.2) is 4.39 Å². The normalized spacial score (nSPS) is 13.7. The number of amides is 1. The molecule has 0 aliphatic heterocycles. The number of carbonyl (C=O) groups is 1. The number of thiophene rings is 1. The van der Waals surface area contributed by atoms with Crippen LogP contribution in [0.3, 0.4) is 0 Å². The van der Waals surface area contributed by atoms with E-state index in [4.69, 9.17) is 11.6 Å². The molecule has 21 heavy (non-hydrogen) atoms. The van der Waals surface area contributed by atoms with Gasteiger partial charge in [0.15, 0.2) is 0 Å². The molecule has 1 amide bonds. The SMILES string of the molecule is CC(Cc1cccc(F)c1)C(=O)NC(C)c1ccc(Cl)s1. The zero-order valence-electron chi connectivity index (χ0n) is 11.9. The highest BCUT2D eigenvalue weighted by Gasteiger charge is 2.17. The molecule has 5 heteroatoms. The maximum absolute atomic E-state index is 13.1. The summed E-state index contributed by atoms with van der Waals surface area (Å²) in [5.74, 6) is -0.539. The average molecular weight is 326 g/mol. The van der Waals surface area contributed by atoms with Gasteiger partial charge in [0.2, 0.25) is 5.91 Å². The van der Waals surface area contributed by atoms with Gasteiger partial charge in [-0.3, -0.25) is 4.79 Å². The Kier molecular flexibility index (Phi) is 5.37. The predicted molar refractivity (Wildman–Crippen MR) is 85.2 cm³/mol. The van der Waals surface area contributed by atoms with Crippen LogP contribution in [0.4, 0.5) is 4.39 Å². The summed E-state index contributed by atoms with van der Waals surface area (Å²) in [5.41, 5.74) is 0.824. The molecule has 0 bridgehead atoms. The van der Waals surface area contributed by atoms with Crippen LogP contribution >= 0.6 is 22.9 Å². The molecule has 0 aliphatic carbocycles. The van der Waals surface area contributed by atoms with Crippen LogP contribution in [0, 0.1) is 11.7 Å². The highest BCUT2D eigenvalue weighted by Crippen LogP contribution is 2.26. The van der Waals surface area contributed by atoms with Crippen molar-refractivity contribution in [1.82, 2.24) is 5.32 Å². The van der Waals surface area contributed by atoms with Crippen molar-refractivity contribution in [2.45, 2.75) is 26.3 Å². The molecule has 2 aromatic rings. The third kappa shape index (κ3) is 4.55. The van der Waals surface area contributed by atoms with E-state index in [0.717, 1.165) is 10.4 Å². The average Bonchev–Trinajstić information content (AvgIpc) is 2.85. The van der Waals surface area contributed by atoms with Gasteiger partial charge in [-0.15, -0.1) is 11.3 Å². The molecule has 1 aromatic carbocycles. The molecule has 112 valence electrons. The summed E-state index contributed by atoms with van der Waals surface area (Å²) < 4.78 is 13.8. The maximum Gasteiger partial charge on any atom is 0.223 e. The van der Waals surface area contributed by atoms with Crippen molar-refractivity contribution in [2.24, 2.45) is 5.92 Å². The fourth-order valence-corrected chi connectivity index (χ4v) is 3.16. The Bertz CT molecular complexity index is 628. The van der Waals surface area contributed by atoms with Crippen LogP contribution in [-0.4, -0.2) is 5.91 Å². The zero-order valence-corrected chi connectivity index (χ0v) is 13.5. The van der Waals surface area contributed by atoms with E-state index < -0.39 is 0 Å². The van der Waals surface area contributed by atoms with Crippen molar-refractivity contribution in [3.05, 3.63) is 57.0 Å². The molecule has 0 radical (unpaired) electrons. The summed E-state index contributed by atoms with van der Waals surface area (Å²) in [6.07, 6.45) is 0.515. The Balaban J connectivity index is 1.93. The molecular formula is C16H17ClFNOS. The number of halogens is 2. The summed E-state index contributed by atoms with van der Waals surface area (Å²) in [7, 11) is 0. The molecule has 1 N–H and O–H groups in total. The van der Waals surface area contributed by atoms with Gasteiger partial charge >= 0.3 is 0 Å². The lowest BCUT2D eigenvalue weighted by Crippen LogP contribution is -2.32. The van der Waals surface area contributed by atoms with Gasteiger partial charge in [-0.1, -0.05) is 30.7 Å². The van der Waals surface area contributed by atoms with E-state index in [9.17, 15) is 9.18 Å². The van der Waals surface area contributed by atoms with Crippen LogP contribution in [0.2, 0.25) is 4.34 Å². The highest BCUT2D eigenvalue weighted by atomic mass is 35.5. The van der Waals surface area contributed by atoms with E-state index in [2.05, 4.69) is 5.32 Å². The largest absolute Gasteiger partial charge is 0.349 e. The molecule has 0 fully saturated rings. The lowest BCUT2D eigenvalue weighted by Gasteiger charge is -2.16. The number of rotatable bonds is 5. The van der Waals surface area contributed by atoms with E-state index in [1.54, 1.807) is 6.07 Å². The second-order valence-electron chi connectivity index (χ2n) is 5.11. The Hall–Kier alpha value is -1.39. The third-order valence-electron chi connectivity index (χ3n) is 3.26. The minimum atomic E-state index is -0.276. The summed E-state index contributed by atoms with van der Waals surface area (Å²) in [4.78, 5) is 13.2. The number of benzene rings is 1. The van der Waals surface area contributed by atoms with Gasteiger partial charge in [-0.05, 0) is 43.2 Å². The Morgan fingerprint density at radius 3 is 2.71 bits per heavy atom. The second kappa shape index (κ2) is 7.05. The molecule has 0 saturated heterocycles. The summed E-state index contributed by atoms with van der Waals surface area (Å²) in [6.45, 7) is 3.77. The molecule has 2 nitrogen and oxygen atoms in total. The molecule has 0 aliphatic rings. The van der Waals surface area contributed by atoms with Gasteiger partial charge in [0.1, 0.15) is 5.82 Å². The van der Waals surface area contributed by atoms with Gasteiger partial charge in [0, 0.05) is 10.8 Å². The fourth-order valence-electron chi connectivity index (χ4n) is 2.10. The van der Waals surface area contributed by atoms with Crippen molar-refractivity contribution in [2.75, 3.05) is 0 Å². The van der Waals surface area contributed by atoms with Crippen molar-refractivity contribution < 1.29 is 9.18 Å². The van der Waals surface area contributed by atoms with Crippen LogP contribution in [0.1, 0.15) is 30.3 Å². The Morgan fingerprint density at radius 2 is 2.10 bits per heavy atom. The van der Waals surface area contributed by atoms with Crippen LogP contribution in [-0.2, 0) is 11.2 Å². The van der Waals surface area contributed by atoms with Crippen molar-refractivity contribution in [3.63, 3.8) is 0 Å². The van der Waals surface area contributed by atoms with Gasteiger partial charge in [0.25, 0.3) is 0 Å². The van der Waals surface area contributed by atoms with Crippen LogP contribution in [0.5, 0.6) is 0 Å². The first-order valence-electron chi connectivity index (χ1n) is 6.75. The lowest BCUT2D eigenvalue weighted by atomic mass is 10.00. The van der Waals surface area contributed by atoms with Gasteiger partial charge in [-0.2, -0.15) is 0 Å². The summed E-state index contributed by atoms with van der Waals surface area (Å²) in [5, 5.41) is 2.96. The standard InChI is InChI=1S/C16H17ClFNOS/c1-10(8-12-4-3-5-13(18)9-12)16(20)19-11(2)14-6-7-15(17)21-14/h3-7,9-11H,8H2,1-2H3,(H,19,20). The van der Waals surface area contributed by atoms with Crippen LogP contribution < -0.4 is 5.32 Å². The van der Waals surface area contributed by atoms with E-state index in [-0.39, 0.29) is 23.7 Å². The number of hydrogen-bond donors (Lipinski definition) is 1. The first kappa shape index (κ1) is 16.0. The van der Waals surface area contributed by atoms with Crippen LogP contribution in [0.15, 0.2) is 36.4 Å². The smallest absolute Gasteiger partial charge is 0.223 e. The molecule has 2 unspecified atom stereocenters. The third-order valence-corrected chi connectivity index (χ3v) is 4.67. The van der Waals surface area contributed by atoms with E-state index in [1.165, 1.54) is 23.5 Å². The molecule has 2 rings (SSSR count). The minimum absolute atomic E-state index is 0.0451. The van der Waals surface area contributed by atoms with E-state index in [1.807, 2.05) is 32.0 Å². The quantitative estimate of drug-likeness (QED) is 0.855. The van der Waals surface area contributed by atoms with Gasteiger partial charge in [0.05, 0.1) is 10.4 Å². The van der Waals surface area contributed by atoms with E-state index in [0.29, 0.717) is 10.8 Å². The Labute approximate surface area is 132 Å². The first-order chi connectivity index (χ1) is 9.95. The number of hydrogen-bond acceptors (Lipinski definition) is 2. The zero-order chi connectivity index (χ0) is 15.4. The topological polar surface area (TPSA) is 29.1 Å². The molecule has 1 heterocycles. The van der Waals surface area contributed by atoms with E-state index >= 15 is 0 Å². The lowest BCUT2D eigenvalue weighted by molar-refractivity contribution is -0.125. The summed E-state index contributed by atoms with van der Waals surface area (Å²) >= 11 is 7.35. The monoisotopic (exact) mass is 325 g/mol. The number of carbonyl (C=O) groups excluding carboxylic acids is 1. The Morgan fingerprint density at radius 1 is 1.33 bits per heavy atom. The second-order valence-corrected chi connectivity index (χ2v) is 6.85. The molecule has 2 atom stereocenters. The molecule has 1 aromatic heterocycles. The number of nitrogens with one attached hydrogen (secondary N) is 1. The maximum atomic E-state index is 13.1.